The summed E-state index contributed by atoms with van der Waals surface area (Å²) < 4.78 is 0. The molecule has 0 amide bonds. The van der Waals surface area contributed by atoms with Crippen LogP contribution in [0.25, 0.3) is 0 Å². The molecule has 3 heteroatoms. The summed E-state index contributed by atoms with van der Waals surface area (Å²) in [6, 6.07) is 0.714. The van der Waals surface area contributed by atoms with Crippen LogP contribution < -0.4 is 5.73 Å². The quantitative estimate of drug-likeness (QED) is 0.765. The molecule has 2 aliphatic rings. The second kappa shape index (κ2) is 4.63. The van der Waals surface area contributed by atoms with Crippen molar-refractivity contribution in [3.05, 3.63) is 0 Å². The van der Waals surface area contributed by atoms with E-state index in [0.29, 0.717) is 6.04 Å². The minimum atomic E-state index is 0.267. The molecule has 2 heterocycles. The molecule has 2 saturated heterocycles. The van der Waals surface area contributed by atoms with Gasteiger partial charge in [0.25, 0.3) is 0 Å². The molecular formula is C13H27N3. The number of likely N-dealkylation sites (tertiary alicyclic amines) is 2. The maximum absolute atomic E-state index is 6.10. The fourth-order valence-corrected chi connectivity index (χ4v) is 3.53. The molecule has 2 fully saturated rings. The maximum Gasteiger partial charge on any atom is 0.0473 e. The summed E-state index contributed by atoms with van der Waals surface area (Å²) in [7, 11) is 2.22. The minimum absolute atomic E-state index is 0.267. The van der Waals surface area contributed by atoms with E-state index in [9.17, 15) is 0 Å². The van der Waals surface area contributed by atoms with Crippen LogP contribution in [0.15, 0.2) is 0 Å². The van der Waals surface area contributed by atoms with Gasteiger partial charge in [0.1, 0.15) is 0 Å². The third kappa shape index (κ3) is 2.13. The Balaban J connectivity index is 2.13. The Morgan fingerprint density at radius 2 is 2.06 bits per heavy atom. The normalized spacial score (nSPS) is 42.8. The summed E-state index contributed by atoms with van der Waals surface area (Å²) in [4.78, 5) is 5.14. The van der Waals surface area contributed by atoms with E-state index in [2.05, 4.69) is 30.7 Å². The minimum Gasteiger partial charge on any atom is -0.329 e. The molecule has 0 aromatic heterocycles. The van der Waals surface area contributed by atoms with E-state index >= 15 is 0 Å². The highest BCUT2D eigenvalue weighted by Gasteiger charge is 2.44. The van der Waals surface area contributed by atoms with Crippen molar-refractivity contribution in [2.45, 2.75) is 44.7 Å². The molecule has 2 rings (SSSR count). The number of nitrogens with zero attached hydrogens (tertiary/aromatic N) is 2. The third-order valence-electron chi connectivity index (χ3n) is 4.63. The Kier molecular flexibility index (Phi) is 3.57. The fourth-order valence-electron chi connectivity index (χ4n) is 3.53. The van der Waals surface area contributed by atoms with Crippen LogP contribution in [-0.4, -0.2) is 54.6 Å². The molecule has 16 heavy (non-hydrogen) atoms. The monoisotopic (exact) mass is 225 g/mol. The zero-order valence-electron chi connectivity index (χ0n) is 11.1. The Hall–Kier alpha value is -0.120. The van der Waals surface area contributed by atoms with Crippen LogP contribution in [0, 0.1) is 5.92 Å². The summed E-state index contributed by atoms with van der Waals surface area (Å²) in [6.07, 6.45) is 3.97. The van der Waals surface area contributed by atoms with Crippen LogP contribution in [0.2, 0.25) is 0 Å². The SMILES string of the molecule is CC1CCC(C)N(C2(CN)CCN(C)C2)C1. The number of rotatable bonds is 2. The number of nitrogens with two attached hydrogens (primary N) is 1. The standard InChI is InChI=1S/C13H27N3/c1-11-4-5-12(2)16(8-11)13(9-14)6-7-15(3)10-13/h11-12H,4-10,14H2,1-3H3. The van der Waals surface area contributed by atoms with Crippen molar-refractivity contribution in [1.82, 2.24) is 9.80 Å². The van der Waals surface area contributed by atoms with Crippen molar-refractivity contribution < 1.29 is 0 Å². The van der Waals surface area contributed by atoms with E-state index in [1.807, 2.05) is 0 Å². The first-order valence-electron chi connectivity index (χ1n) is 6.73. The average Bonchev–Trinajstić information content (AvgIpc) is 2.65. The van der Waals surface area contributed by atoms with Crippen LogP contribution in [0.3, 0.4) is 0 Å². The number of likely N-dealkylation sites (N-methyl/N-ethyl adjacent to an activating group) is 1. The second-order valence-corrected chi connectivity index (χ2v) is 6.10. The van der Waals surface area contributed by atoms with Gasteiger partial charge >= 0.3 is 0 Å². The zero-order chi connectivity index (χ0) is 11.8. The molecule has 94 valence electrons. The summed E-state index contributed by atoms with van der Waals surface area (Å²) in [5, 5.41) is 0. The molecule has 0 bridgehead atoms. The van der Waals surface area contributed by atoms with E-state index in [-0.39, 0.29) is 5.54 Å². The molecule has 0 radical (unpaired) electrons. The van der Waals surface area contributed by atoms with Crippen molar-refractivity contribution in [2.24, 2.45) is 11.7 Å². The van der Waals surface area contributed by atoms with Gasteiger partial charge in [-0.05, 0) is 45.7 Å². The van der Waals surface area contributed by atoms with Crippen LogP contribution in [0.1, 0.15) is 33.1 Å². The molecule has 0 saturated carbocycles. The largest absolute Gasteiger partial charge is 0.329 e. The predicted molar refractivity (Wildman–Crippen MR) is 68.5 cm³/mol. The van der Waals surface area contributed by atoms with Gasteiger partial charge in [-0.25, -0.2) is 0 Å². The highest BCUT2D eigenvalue weighted by molar-refractivity contribution is 5.02. The van der Waals surface area contributed by atoms with E-state index in [1.54, 1.807) is 0 Å². The highest BCUT2D eigenvalue weighted by Crippen LogP contribution is 2.33. The zero-order valence-corrected chi connectivity index (χ0v) is 11.1. The number of hydrogen-bond donors (Lipinski definition) is 1. The lowest BCUT2D eigenvalue weighted by Gasteiger charge is -2.48. The van der Waals surface area contributed by atoms with Gasteiger partial charge in [-0.1, -0.05) is 6.92 Å². The van der Waals surface area contributed by atoms with Gasteiger partial charge in [0.05, 0.1) is 0 Å². The maximum atomic E-state index is 6.10. The highest BCUT2D eigenvalue weighted by atomic mass is 15.3. The van der Waals surface area contributed by atoms with Gasteiger partial charge in [0, 0.05) is 31.2 Å². The second-order valence-electron chi connectivity index (χ2n) is 6.10. The molecule has 0 aliphatic carbocycles. The number of piperidine rings is 1. The molecular weight excluding hydrogens is 198 g/mol. The molecule has 0 spiro atoms. The molecule has 2 N–H and O–H groups in total. The van der Waals surface area contributed by atoms with Gasteiger partial charge in [-0.2, -0.15) is 0 Å². The third-order valence-corrected chi connectivity index (χ3v) is 4.63. The average molecular weight is 225 g/mol. The number of hydrogen-bond acceptors (Lipinski definition) is 3. The Morgan fingerprint density at radius 1 is 1.31 bits per heavy atom. The first kappa shape index (κ1) is 12.3. The van der Waals surface area contributed by atoms with Gasteiger partial charge in [-0.15, -0.1) is 0 Å². The van der Waals surface area contributed by atoms with Crippen molar-refractivity contribution in [3.8, 4) is 0 Å². The lowest BCUT2D eigenvalue weighted by molar-refractivity contribution is 0.0167. The van der Waals surface area contributed by atoms with Gasteiger partial charge in [-0.3, -0.25) is 4.90 Å². The summed E-state index contributed by atoms with van der Waals surface area (Å²) in [5.74, 6) is 0.838. The van der Waals surface area contributed by atoms with E-state index < -0.39 is 0 Å². The summed E-state index contributed by atoms with van der Waals surface area (Å²) in [5.41, 5.74) is 6.37. The lowest BCUT2D eigenvalue weighted by Crippen LogP contribution is -2.61. The van der Waals surface area contributed by atoms with Crippen molar-refractivity contribution in [2.75, 3.05) is 33.2 Å². The molecule has 3 unspecified atom stereocenters. The van der Waals surface area contributed by atoms with Crippen molar-refractivity contribution in [3.63, 3.8) is 0 Å². The Bertz CT molecular complexity index is 243. The Morgan fingerprint density at radius 3 is 2.62 bits per heavy atom. The van der Waals surface area contributed by atoms with Crippen molar-refractivity contribution >= 4 is 0 Å². The molecule has 2 aliphatic heterocycles. The fraction of sp³-hybridized carbons (Fsp3) is 1.00. The lowest BCUT2D eigenvalue weighted by atomic mass is 9.86. The molecule has 3 atom stereocenters. The Labute approximate surface area is 100.0 Å². The van der Waals surface area contributed by atoms with Gasteiger partial charge in [0.15, 0.2) is 0 Å². The van der Waals surface area contributed by atoms with Gasteiger partial charge < -0.3 is 10.6 Å². The van der Waals surface area contributed by atoms with Crippen molar-refractivity contribution in [1.29, 1.82) is 0 Å². The topological polar surface area (TPSA) is 32.5 Å². The van der Waals surface area contributed by atoms with E-state index in [4.69, 9.17) is 5.73 Å². The van der Waals surface area contributed by atoms with Gasteiger partial charge in [0.2, 0.25) is 0 Å². The first-order valence-corrected chi connectivity index (χ1v) is 6.73. The summed E-state index contributed by atoms with van der Waals surface area (Å²) in [6.45, 7) is 9.17. The van der Waals surface area contributed by atoms with Crippen LogP contribution >= 0.6 is 0 Å². The van der Waals surface area contributed by atoms with Crippen LogP contribution in [0.5, 0.6) is 0 Å². The smallest absolute Gasteiger partial charge is 0.0473 e. The molecule has 3 nitrogen and oxygen atoms in total. The van der Waals surface area contributed by atoms with Crippen LogP contribution in [-0.2, 0) is 0 Å². The van der Waals surface area contributed by atoms with E-state index in [1.165, 1.54) is 32.4 Å². The molecule has 0 aromatic carbocycles. The van der Waals surface area contributed by atoms with E-state index in [0.717, 1.165) is 19.0 Å². The molecule has 0 aromatic rings. The van der Waals surface area contributed by atoms with Crippen LogP contribution in [0.4, 0.5) is 0 Å². The predicted octanol–water partition coefficient (Wildman–Crippen LogP) is 1.14. The first-order chi connectivity index (χ1) is 7.57. The summed E-state index contributed by atoms with van der Waals surface area (Å²) >= 11 is 0.